The molecule has 1 aliphatic heterocycles. The van der Waals surface area contributed by atoms with Crippen molar-refractivity contribution in [1.29, 1.82) is 0 Å². The Morgan fingerprint density at radius 1 is 1.00 bits per heavy atom. The highest BCUT2D eigenvalue weighted by atomic mass is 16.3. The molecule has 4 aliphatic rings. The maximum Gasteiger partial charge on any atom is 0.255 e. The van der Waals surface area contributed by atoms with Crippen LogP contribution in [0.5, 0.6) is 5.75 Å². The molecule has 236 valence electrons. The van der Waals surface area contributed by atoms with Gasteiger partial charge in [0.25, 0.3) is 5.91 Å². The number of ketones is 3. The number of amides is 1. The van der Waals surface area contributed by atoms with Gasteiger partial charge in [0.2, 0.25) is 5.78 Å². The molecule has 0 spiro atoms. The van der Waals surface area contributed by atoms with E-state index in [-0.39, 0.29) is 42.1 Å². The topological polar surface area (TPSA) is 185 Å². The number of aliphatic hydroxyl groups is 3. The van der Waals surface area contributed by atoms with Crippen LogP contribution in [0.25, 0.3) is 5.76 Å². The molecule has 0 unspecified atom stereocenters. The number of primary amides is 1. The summed E-state index contributed by atoms with van der Waals surface area (Å²) in [7, 11) is 3.09. The lowest BCUT2D eigenvalue weighted by Crippen LogP contribution is -2.65. The largest absolute Gasteiger partial charge is 0.508 e. The Morgan fingerprint density at radius 3 is 2.29 bits per heavy atom. The minimum Gasteiger partial charge on any atom is -0.508 e. The Kier molecular flexibility index (Phi) is 7.54. The summed E-state index contributed by atoms with van der Waals surface area (Å²) in [5, 5.41) is 45.0. The maximum atomic E-state index is 14.0. The van der Waals surface area contributed by atoms with Gasteiger partial charge < -0.3 is 31.1 Å². The highest BCUT2D eigenvalue weighted by Crippen LogP contribution is 2.53. The monoisotopic (exact) mass is 616 g/mol. The molecule has 3 aliphatic carbocycles. The van der Waals surface area contributed by atoms with Crippen LogP contribution < -0.4 is 10.6 Å². The predicted octanol–water partition coefficient (Wildman–Crippen LogP) is 0.969. The molecule has 12 nitrogen and oxygen atoms in total. The summed E-state index contributed by atoms with van der Waals surface area (Å²) >= 11 is 0. The number of carbonyl (C=O) groups is 4. The number of piperazine rings is 1. The number of nitrogens with two attached hydrogens (primary N) is 1. The van der Waals surface area contributed by atoms with Crippen molar-refractivity contribution in [3.8, 4) is 5.75 Å². The second-order valence-electron chi connectivity index (χ2n) is 12.5. The highest BCUT2D eigenvalue weighted by Gasteiger charge is 2.64. The number of anilines is 1. The van der Waals surface area contributed by atoms with Crippen molar-refractivity contribution in [2.75, 3.05) is 51.7 Å². The van der Waals surface area contributed by atoms with Gasteiger partial charge in [0, 0.05) is 48.9 Å². The van der Waals surface area contributed by atoms with Gasteiger partial charge in [-0.15, -0.1) is 0 Å². The fraction of sp³-hybridized carbons (Fsp3) is 0.394. The first-order valence-electron chi connectivity index (χ1n) is 14.9. The standard InChI is InChI=1S/C33H36N4O8/c1-35(2)27-21-15-17-14-20-19(23(39)16-36-10-12-37(13-11-36)18-6-4-3-5-7-18)8-9-22(38)25(20)28(40)24(17)30(42)33(21,45)31(43)26(29(27)41)32(34)44/h3-9,17,21,27,38,40,43,45H,10-16H2,1-2H3,(H2,34,44)/t17-,21-,27-,33-/m0/s1. The molecule has 45 heavy (non-hydrogen) atoms. The number of aliphatic hydroxyl groups excluding tert-OH is 2. The second-order valence-corrected chi connectivity index (χ2v) is 12.5. The summed E-state index contributed by atoms with van der Waals surface area (Å²) in [5.74, 6) is -7.46. The zero-order valence-electron chi connectivity index (χ0n) is 25.1. The van der Waals surface area contributed by atoms with Crippen LogP contribution in [-0.2, 0) is 20.8 Å². The van der Waals surface area contributed by atoms with E-state index in [0.717, 1.165) is 18.8 Å². The van der Waals surface area contributed by atoms with Crippen LogP contribution in [0.3, 0.4) is 0 Å². The summed E-state index contributed by atoms with van der Waals surface area (Å²) in [5.41, 5.74) is 3.24. The lowest BCUT2D eigenvalue weighted by molar-refractivity contribution is -0.153. The van der Waals surface area contributed by atoms with E-state index in [4.69, 9.17) is 5.73 Å². The zero-order chi connectivity index (χ0) is 32.4. The van der Waals surface area contributed by atoms with E-state index in [2.05, 4.69) is 9.80 Å². The third-order valence-corrected chi connectivity index (χ3v) is 9.77. The molecule has 0 radical (unpaired) electrons. The summed E-state index contributed by atoms with van der Waals surface area (Å²) in [6.45, 7) is 2.94. The van der Waals surface area contributed by atoms with Gasteiger partial charge in [-0.25, -0.2) is 0 Å². The number of fused-ring (bicyclic) bond motifs is 3. The number of carbonyl (C=O) groups excluding carboxylic acids is 4. The van der Waals surface area contributed by atoms with Crippen molar-refractivity contribution in [2.24, 2.45) is 17.6 Å². The number of phenolic OH excluding ortho intramolecular Hbond substituents is 1. The first-order chi connectivity index (χ1) is 21.4. The van der Waals surface area contributed by atoms with Crippen LogP contribution in [0.2, 0.25) is 0 Å². The molecule has 1 saturated carbocycles. The lowest BCUT2D eigenvalue weighted by Gasteiger charge is -2.50. The number of likely N-dealkylation sites (N-methyl/N-ethyl adjacent to an activating group) is 1. The summed E-state index contributed by atoms with van der Waals surface area (Å²) in [4.78, 5) is 58.9. The molecule has 1 saturated heterocycles. The fourth-order valence-electron chi connectivity index (χ4n) is 7.60. The lowest BCUT2D eigenvalue weighted by atomic mass is 9.57. The van der Waals surface area contributed by atoms with Gasteiger partial charge in [-0.05, 0) is 62.7 Å². The van der Waals surface area contributed by atoms with Gasteiger partial charge in [-0.3, -0.25) is 29.0 Å². The summed E-state index contributed by atoms with van der Waals surface area (Å²) in [6.07, 6.45) is 0.0162. The van der Waals surface area contributed by atoms with Crippen LogP contribution in [0.15, 0.2) is 59.4 Å². The third kappa shape index (κ3) is 4.71. The van der Waals surface area contributed by atoms with Gasteiger partial charge in [0.05, 0.1) is 18.2 Å². The Morgan fingerprint density at radius 2 is 1.67 bits per heavy atom. The van der Waals surface area contributed by atoms with Gasteiger partial charge in [0.15, 0.2) is 17.2 Å². The normalized spacial score (nSPS) is 26.9. The first-order valence-corrected chi connectivity index (χ1v) is 14.9. The average molecular weight is 617 g/mol. The number of hydrogen-bond acceptors (Lipinski definition) is 11. The molecule has 6 rings (SSSR count). The van der Waals surface area contributed by atoms with Gasteiger partial charge >= 0.3 is 0 Å². The molecule has 0 aromatic heterocycles. The van der Waals surface area contributed by atoms with E-state index < -0.39 is 58.0 Å². The molecule has 1 heterocycles. The molecule has 12 heteroatoms. The van der Waals surface area contributed by atoms with Crippen LogP contribution in [0.4, 0.5) is 5.69 Å². The molecular formula is C33H36N4O8. The van der Waals surface area contributed by atoms with Crippen LogP contribution >= 0.6 is 0 Å². The molecule has 6 N–H and O–H groups in total. The first kappa shape index (κ1) is 30.5. The van der Waals surface area contributed by atoms with E-state index >= 15 is 0 Å². The van der Waals surface area contributed by atoms with Gasteiger partial charge in [0.1, 0.15) is 22.8 Å². The van der Waals surface area contributed by atoms with Crippen molar-refractivity contribution in [3.05, 3.63) is 76.1 Å². The SMILES string of the molecule is CN(C)[C@@H]1C(=O)C(C(N)=O)=C(O)[C@@]2(O)C(=O)C3=C(O)c4c(O)ccc(C(=O)CN5CCN(c6ccccc6)CC5)c4C[C@H]3C[C@@H]12. The number of rotatable bonds is 6. The number of Topliss-reactive ketones (excluding diaryl/α,β-unsaturated/α-hetero) is 3. The predicted molar refractivity (Wildman–Crippen MR) is 164 cm³/mol. The van der Waals surface area contributed by atoms with Crippen molar-refractivity contribution in [1.82, 2.24) is 9.80 Å². The molecule has 2 aromatic rings. The maximum absolute atomic E-state index is 14.0. The molecule has 2 fully saturated rings. The quantitative estimate of drug-likeness (QED) is 0.230. The van der Waals surface area contributed by atoms with Crippen LogP contribution in [0, 0.1) is 11.8 Å². The third-order valence-electron chi connectivity index (χ3n) is 9.77. The number of aromatic hydroxyl groups is 1. The molecule has 0 bridgehead atoms. The van der Waals surface area contributed by atoms with Crippen molar-refractivity contribution >= 4 is 34.7 Å². The van der Waals surface area contributed by atoms with Crippen molar-refractivity contribution in [3.63, 3.8) is 0 Å². The minimum atomic E-state index is -2.71. The Hall–Kier alpha value is -4.52. The smallest absolute Gasteiger partial charge is 0.255 e. The molecule has 1 amide bonds. The van der Waals surface area contributed by atoms with Gasteiger partial charge in [-0.1, -0.05) is 18.2 Å². The molecule has 4 atom stereocenters. The van der Waals surface area contributed by atoms with E-state index in [0.29, 0.717) is 24.2 Å². The molecule has 2 aromatic carbocycles. The Balaban J connectivity index is 1.33. The van der Waals surface area contributed by atoms with E-state index in [1.807, 2.05) is 30.3 Å². The number of phenols is 1. The molecular weight excluding hydrogens is 580 g/mol. The average Bonchev–Trinajstić information content (AvgIpc) is 2.99. The van der Waals surface area contributed by atoms with E-state index in [1.165, 1.54) is 17.0 Å². The fourth-order valence-corrected chi connectivity index (χ4v) is 7.60. The number of para-hydroxylation sites is 1. The number of benzene rings is 2. The van der Waals surface area contributed by atoms with Crippen LogP contribution in [0.1, 0.15) is 27.9 Å². The van der Waals surface area contributed by atoms with E-state index in [9.17, 15) is 39.6 Å². The Bertz CT molecular complexity index is 1670. The van der Waals surface area contributed by atoms with Crippen LogP contribution in [-0.4, -0.2) is 112 Å². The number of hydrogen-bond donors (Lipinski definition) is 5. The zero-order valence-corrected chi connectivity index (χ0v) is 25.1. The minimum absolute atomic E-state index is 0.0451. The second kappa shape index (κ2) is 11.1. The van der Waals surface area contributed by atoms with Crippen molar-refractivity contribution in [2.45, 2.75) is 24.5 Å². The van der Waals surface area contributed by atoms with Crippen molar-refractivity contribution < 1.29 is 39.6 Å². The van der Waals surface area contributed by atoms with Gasteiger partial charge in [-0.2, -0.15) is 0 Å². The summed E-state index contributed by atoms with van der Waals surface area (Å²) in [6, 6.07) is 11.6. The van der Waals surface area contributed by atoms with E-state index in [1.54, 1.807) is 14.1 Å². The Labute approximate surface area is 259 Å². The highest BCUT2D eigenvalue weighted by molar-refractivity contribution is 6.24. The summed E-state index contributed by atoms with van der Waals surface area (Å²) < 4.78 is 0. The number of nitrogens with zero attached hydrogens (tertiary/aromatic N) is 3.